The summed E-state index contributed by atoms with van der Waals surface area (Å²) >= 11 is 0. The standard InChI is InChI=1S/C10H24N2O3S/c1-4-6-11-7-8-16(13,14)12-10(5-2)9-15-3/h10-12H,4-9H2,1-3H3. The first-order valence-corrected chi connectivity index (χ1v) is 7.40. The van der Waals surface area contributed by atoms with Crippen molar-refractivity contribution in [3.05, 3.63) is 0 Å². The zero-order valence-electron chi connectivity index (χ0n) is 10.5. The molecule has 0 aromatic heterocycles. The highest BCUT2D eigenvalue weighted by Crippen LogP contribution is 1.95. The Morgan fingerprint density at radius 1 is 1.25 bits per heavy atom. The van der Waals surface area contributed by atoms with Crippen LogP contribution in [0, 0.1) is 0 Å². The average Bonchev–Trinajstić information content (AvgIpc) is 2.23. The Balaban J connectivity index is 3.92. The first-order chi connectivity index (χ1) is 7.55. The van der Waals surface area contributed by atoms with Crippen molar-refractivity contribution in [2.75, 3.05) is 32.6 Å². The van der Waals surface area contributed by atoms with Crippen LogP contribution in [-0.4, -0.2) is 47.0 Å². The molecule has 0 bridgehead atoms. The van der Waals surface area contributed by atoms with Gasteiger partial charge in [-0.1, -0.05) is 13.8 Å². The molecule has 0 aliphatic heterocycles. The van der Waals surface area contributed by atoms with E-state index < -0.39 is 10.0 Å². The Kier molecular flexibility index (Phi) is 8.83. The second-order valence-corrected chi connectivity index (χ2v) is 5.62. The molecule has 2 N–H and O–H groups in total. The summed E-state index contributed by atoms with van der Waals surface area (Å²) in [5.74, 6) is 0.118. The van der Waals surface area contributed by atoms with E-state index in [9.17, 15) is 8.42 Å². The predicted molar refractivity (Wildman–Crippen MR) is 66.0 cm³/mol. The lowest BCUT2D eigenvalue weighted by Crippen LogP contribution is -2.40. The van der Waals surface area contributed by atoms with Gasteiger partial charge < -0.3 is 10.1 Å². The Hall–Kier alpha value is -0.170. The number of hydrogen-bond donors (Lipinski definition) is 2. The number of methoxy groups -OCH3 is 1. The number of ether oxygens (including phenoxy) is 1. The third-order valence-electron chi connectivity index (χ3n) is 2.18. The third kappa shape index (κ3) is 8.04. The maximum absolute atomic E-state index is 11.6. The summed E-state index contributed by atoms with van der Waals surface area (Å²) in [5.41, 5.74) is 0. The summed E-state index contributed by atoms with van der Waals surface area (Å²) in [6.45, 7) is 5.74. The highest BCUT2D eigenvalue weighted by Gasteiger charge is 2.15. The summed E-state index contributed by atoms with van der Waals surface area (Å²) in [7, 11) is -1.62. The Bertz CT molecular complexity index is 255. The van der Waals surface area contributed by atoms with E-state index in [4.69, 9.17) is 4.74 Å². The molecule has 0 heterocycles. The summed E-state index contributed by atoms with van der Waals surface area (Å²) in [6, 6.07) is -0.124. The van der Waals surface area contributed by atoms with Gasteiger partial charge in [0.05, 0.1) is 12.4 Å². The molecule has 0 fully saturated rings. The second-order valence-electron chi connectivity index (χ2n) is 3.75. The van der Waals surface area contributed by atoms with E-state index in [2.05, 4.69) is 10.0 Å². The third-order valence-corrected chi connectivity index (χ3v) is 3.62. The summed E-state index contributed by atoms with van der Waals surface area (Å²) < 4.78 is 30.8. The molecule has 0 aliphatic rings. The zero-order chi connectivity index (χ0) is 12.4. The van der Waals surface area contributed by atoms with Gasteiger partial charge in [0.2, 0.25) is 10.0 Å². The summed E-state index contributed by atoms with van der Waals surface area (Å²) in [4.78, 5) is 0. The predicted octanol–water partition coefficient (Wildman–Crippen LogP) is 0.330. The van der Waals surface area contributed by atoms with Crippen molar-refractivity contribution in [1.29, 1.82) is 0 Å². The van der Waals surface area contributed by atoms with Crippen molar-refractivity contribution in [2.45, 2.75) is 32.7 Å². The van der Waals surface area contributed by atoms with E-state index in [1.165, 1.54) is 0 Å². The fourth-order valence-electron chi connectivity index (χ4n) is 1.26. The molecule has 6 heteroatoms. The van der Waals surface area contributed by atoms with Gasteiger partial charge in [0, 0.05) is 19.7 Å². The fourth-order valence-corrected chi connectivity index (χ4v) is 2.53. The van der Waals surface area contributed by atoms with Crippen LogP contribution >= 0.6 is 0 Å². The van der Waals surface area contributed by atoms with Gasteiger partial charge in [-0.3, -0.25) is 0 Å². The highest BCUT2D eigenvalue weighted by molar-refractivity contribution is 7.89. The van der Waals surface area contributed by atoms with Crippen LogP contribution in [0.2, 0.25) is 0 Å². The van der Waals surface area contributed by atoms with Crippen LogP contribution < -0.4 is 10.0 Å². The monoisotopic (exact) mass is 252 g/mol. The Morgan fingerprint density at radius 3 is 2.44 bits per heavy atom. The smallest absolute Gasteiger partial charge is 0.213 e. The lowest BCUT2D eigenvalue weighted by Gasteiger charge is -2.16. The Morgan fingerprint density at radius 2 is 1.94 bits per heavy atom. The SMILES string of the molecule is CCCNCCS(=O)(=O)NC(CC)COC. The molecule has 0 spiro atoms. The molecule has 1 atom stereocenters. The maximum Gasteiger partial charge on any atom is 0.213 e. The quantitative estimate of drug-likeness (QED) is 0.550. The molecule has 0 radical (unpaired) electrons. The molecule has 0 aliphatic carbocycles. The number of nitrogens with one attached hydrogen (secondary N) is 2. The largest absolute Gasteiger partial charge is 0.383 e. The fraction of sp³-hybridized carbons (Fsp3) is 1.00. The van der Waals surface area contributed by atoms with Crippen LogP contribution in [0.4, 0.5) is 0 Å². The lowest BCUT2D eigenvalue weighted by molar-refractivity contribution is 0.173. The van der Waals surface area contributed by atoms with E-state index in [0.717, 1.165) is 19.4 Å². The van der Waals surface area contributed by atoms with Gasteiger partial charge in [-0.25, -0.2) is 13.1 Å². The normalized spacial score (nSPS) is 13.9. The topological polar surface area (TPSA) is 67.4 Å². The van der Waals surface area contributed by atoms with Gasteiger partial charge in [-0.15, -0.1) is 0 Å². The molecular formula is C10H24N2O3S. The van der Waals surface area contributed by atoms with Crippen molar-refractivity contribution >= 4 is 10.0 Å². The zero-order valence-corrected chi connectivity index (χ0v) is 11.3. The molecule has 0 rings (SSSR count). The Labute approximate surface area is 99.0 Å². The van der Waals surface area contributed by atoms with Crippen molar-refractivity contribution in [1.82, 2.24) is 10.0 Å². The van der Waals surface area contributed by atoms with E-state index in [1.54, 1.807) is 7.11 Å². The number of sulfonamides is 1. The van der Waals surface area contributed by atoms with Crippen molar-refractivity contribution < 1.29 is 13.2 Å². The molecule has 0 amide bonds. The van der Waals surface area contributed by atoms with Crippen LogP contribution in [0.1, 0.15) is 26.7 Å². The van der Waals surface area contributed by atoms with Crippen LogP contribution in [-0.2, 0) is 14.8 Å². The van der Waals surface area contributed by atoms with Crippen LogP contribution in [0.15, 0.2) is 0 Å². The van der Waals surface area contributed by atoms with Crippen LogP contribution in [0.3, 0.4) is 0 Å². The average molecular weight is 252 g/mol. The van der Waals surface area contributed by atoms with Gasteiger partial charge in [0.15, 0.2) is 0 Å². The van der Waals surface area contributed by atoms with Crippen LogP contribution in [0.5, 0.6) is 0 Å². The van der Waals surface area contributed by atoms with Crippen LogP contribution in [0.25, 0.3) is 0 Å². The molecular weight excluding hydrogens is 228 g/mol. The molecule has 0 saturated carbocycles. The highest BCUT2D eigenvalue weighted by atomic mass is 32.2. The van der Waals surface area contributed by atoms with E-state index in [0.29, 0.717) is 13.2 Å². The van der Waals surface area contributed by atoms with E-state index >= 15 is 0 Å². The molecule has 98 valence electrons. The maximum atomic E-state index is 11.6. The summed E-state index contributed by atoms with van der Waals surface area (Å²) in [5, 5.41) is 3.06. The van der Waals surface area contributed by atoms with Gasteiger partial charge >= 0.3 is 0 Å². The molecule has 0 saturated heterocycles. The minimum atomic E-state index is -3.19. The molecule has 0 aromatic carbocycles. The summed E-state index contributed by atoms with van der Waals surface area (Å²) in [6.07, 6.45) is 1.74. The molecule has 5 nitrogen and oxygen atoms in total. The van der Waals surface area contributed by atoms with E-state index in [1.807, 2.05) is 13.8 Å². The number of hydrogen-bond acceptors (Lipinski definition) is 4. The van der Waals surface area contributed by atoms with Crippen molar-refractivity contribution in [3.63, 3.8) is 0 Å². The first kappa shape index (κ1) is 15.8. The van der Waals surface area contributed by atoms with Gasteiger partial charge in [0.25, 0.3) is 0 Å². The van der Waals surface area contributed by atoms with Gasteiger partial charge in [-0.05, 0) is 19.4 Å². The first-order valence-electron chi connectivity index (χ1n) is 5.75. The number of rotatable bonds is 10. The van der Waals surface area contributed by atoms with Gasteiger partial charge in [0.1, 0.15) is 0 Å². The van der Waals surface area contributed by atoms with Crippen molar-refractivity contribution in [2.24, 2.45) is 0 Å². The lowest BCUT2D eigenvalue weighted by atomic mass is 10.3. The van der Waals surface area contributed by atoms with Crippen molar-refractivity contribution in [3.8, 4) is 0 Å². The molecule has 16 heavy (non-hydrogen) atoms. The second kappa shape index (κ2) is 8.92. The minimum Gasteiger partial charge on any atom is -0.383 e. The minimum absolute atomic E-state index is 0.118. The van der Waals surface area contributed by atoms with Gasteiger partial charge in [-0.2, -0.15) is 0 Å². The molecule has 0 aromatic rings. The molecule has 1 unspecified atom stereocenters. The van der Waals surface area contributed by atoms with E-state index in [-0.39, 0.29) is 11.8 Å².